The lowest BCUT2D eigenvalue weighted by atomic mass is 10.00. The van der Waals surface area contributed by atoms with Gasteiger partial charge in [0.25, 0.3) is 0 Å². The van der Waals surface area contributed by atoms with Crippen LogP contribution in [0.25, 0.3) is 11.1 Å². The number of carbonyl (C=O) groups is 1. The molecular weight excluding hydrogens is 316 g/mol. The Hall–Kier alpha value is -2.37. The Morgan fingerprint density at radius 3 is 2.72 bits per heavy atom. The number of nitrogens with one attached hydrogen (secondary N) is 2. The summed E-state index contributed by atoms with van der Waals surface area (Å²) >= 11 is 0. The van der Waals surface area contributed by atoms with Gasteiger partial charge in [0.05, 0.1) is 12.1 Å². The quantitative estimate of drug-likeness (QED) is 0.645. The maximum Gasteiger partial charge on any atom is 0.319 e. The molecule has 1 unspecified atom stereocenters. The maximum absolute atomic E-state index is 12.3. The molecule has 2 aromatic carbocycles. The van der Waals surface area contributed by atoms with Crippen LogP contribution in [0.2, 0.25) is 0 Å². The van der Waals surface area contributed by atoms with Gasteiger partial charge in [0.1, 0.15) is 0 Å². The molecular formula is C20H24N2O3. The zero-order chi connectivity index (χ0) is 17.9. The third-order valence-electron chi connectivity index (χ3n) is 4.59. The van der Waals surface area contributed by atoms with Crippen LogP contribution in [0.5, 0.6) is 0 Å². The van der Waals surface area contributed by atoms with E-state index < -0.39 is 5.54 Å². The highest BCUT2D eigenvalue weighted by atomic mass is 16.5. The summed E-state index contributed by atoms with van der Waals surface area (Å²) in [5.41, 5.74) is 5.17. The van der Waals surface area contributed by atoms with Gasteiger partial charge in [-0.2, -0.15) is 0 Å². The van der Waals surface area contributed by atoms with Gasteiger partial charge in [-0.3, -0.25) is 0 Å². The second-order valence-corrected chi connectivity index (χ2v) is 6.75. The highest BCUT2D eigenvalue weighted by Gasteiger charge is 2.26. The van der Waals surface area contributed by atoms with E-state index in [1.807, 2.05) is 25.1 Å². The number of methoxy groups -OCH3 is 1. The molecule has 3 N–H and O–H groups in total. The number of amides is 2. The Kier molecular flexibility index (Phi) is 5.06. The van der Waals surface area contributed by atoms with Crippen molar-refractivity contribution in [1.82, 2.24) is 5.32 Å². The average Bonchev–Trinajstić information content (AvgIpc) is 2.92. The van der Waals surface area contributed by atoms with Gasteiger partial charge < -0.3 is 20.5 Å². The molecule has 0 spiro atoms. The predicted octanol–water partition coefficient (Wildman–Crippen LogP) is 3.17. The first kappa shape index (κ1) is 17.5. The highest BCUT2D eigenvalue weighted by Crippen LogP contribution is 2.37. The molecule has 5 heteroatoms. The smallest absolute Gasteiger partial charge is 0.319 e. The van der Waals surface area contributed by atoms with Gasteiger partial charge >= 0.3 is 6.03 Å². The van der Waals surface area contributed by atoms with Crippen LogP contribution < -0.4 is 10.6 Å². The fourth-order valence-electron chi connectivity index (χ4n) is 3.40. The summed E-state index contributed by atoms with van der Waals surface area (Å²) in [7, 11) is 1.58. The van der Waals surface area contributed by atoms with E-state index >= 15 is 0 Å². The number of fused-ring (bicyclic) bond motifs is 3. The maximum atomic E-state index is 12.3. The van der Waals surface area contributed by atoms with Crippen LogP contribution in [0.4, 0.5) is 10.5 Å². The number of hydrogen-bond acceptors (Lipinski definition) is 3. The van der Waals surface area contributed by atoms with Gasteiger partial charge in [-0.05, 0) is 54.2 Å². The summed E-state index contributed by atoms with van der Waals surface area (Å²) in [5, 5.41) is 15.0. The largest absolute Gasteiger partial charge is 0.396 e. The van der Waals surface area contributed by atoms with Crippen molar-refractivity contribution in [3.8, 4) is 11.1 Å². The molecule has 1 atom stereocenters. The van der Waals surface area contributed by atoms with Gasteiger partial charge in [0.15, 0.2) is 0 Å². The minimum absolute atomic E-state index is 0.0166. The van der Waals surface area contributed by atoms with Crippen molar-refractivity contribution in [3.05, 3.63) is 53.6 Å². The van der Waals surface area contributed by atoms with Crippen LogP contribution in [0.1, 0.15) is 24.5 Å². The summed E-state index contributed by atoms with van der Waals surface area (Å²) < 4.78 is 5.15. The van der Waals surface area contributed by atoms with E-state index in [4.69, 9.17) is 4.74 Å². The number of ether oxygens (including phenoxy) is 1. The molecule has 25 heavy (non-hydrogen) atoms. The van der Waals surface area contributed by atoms with Crippen LogP contribution in [0.15, 0.2) is 42.5 Å². The number of hydrogen-bond donors (Lipinski definition) is 3. The molecule has 0 bridgehead atoms. The molecule has 2 aromatic rings. The lowest BCUT2D eigenvalue weighted by Gasteiger charge is -2.29. The molecule has 1 aliphatic rings. The molecule has 0 saturated heterocycles. The van der Waals surface area contributed by atoms with Crippen molar-refractivity contribution >= 4 is 11.7 Å². The standard InChI is InChI=1S/C20H24N2O3/c1-20(9-10-23,13-25-2)22-19(24)21-16-7-8-18-15(12-16)11-14-5-3-4-6-17(14)18/h3-8,12,23H,9-11,13H2,1-2H3,(H2,21,22,24). The van der Waals surface area contributed by atoms with Gasteiger partial charge in [-0.1, -0.05) is 30.3 Å². The molecule has 0 aliphatic heterocycles. The molecule has 5 nitrogen and oxygen atoms in total. The van der Waals surface area contributed by atoms with E-state index in [2.05, 4.69) is 34.9 Å². The first-order chi connectivity index (χ1) is 12.0. The summed E-state index contributed by atoms with van der Waals surface area (Å²) in [6.07, 6.45) is 1.31. The first-order valence-corrected chi connectivity index (χ1v) is 8.45. The molecule has 2 amide bonds. The minimum atomic E-state index is -0.611. The number of aliphatic hydroxyl groups excluding tert-OH is 1. The number of carbonyl (C=O) groups excluding carboxylic acids is 1. The zero-order valence-corrected chi connectivity index (χ0v) is 14.6. The topological polar surface area (TPSA) is 70.6 Å². The van der Waals surface area contributed by atoms with Crippen molar-refractivity contribution in [2.75, 3.05) is 25.6 Å². The summed E-state index contributed by atoms with van der Waals surface area (Å²) in [5.74, 6) is 0. The molecule has 0 heterocycles. The first-order valence-electron chi connectivity index (χ1n) is 8.45. The molecule has 0 aromatic heterocycles. The number of rotatable bonds is 6. The van der Waals surface area contributed by atoms with Gasteiger partial charge in [0, 0.05) is 19.4 Å². The van der Waals surface area contributed by atoms with Crippen LogP contribution in [0, 0.1) is 0 Å². The normalized spacial score (nSPS) is 14.4. The Balaban J connectivity index is 1.70. The van der Waals surface area contributed by atoms with Crippen LogP contribution in [0.3, 0.4) is 0 Å². The van der Waals surface area contributed by atoms with Crippen molar-refractivity contribution in [2.45, 2.75) is 25.3 Å². The average molecular weight is 340 g/mol. The number of aliphatic hydroxyl groups is 1. The molecule has 0 fully saturated rings. The van der Waals surface area contributed by atoms with Gasteiger partial charge in [-0.15, -0.1) is 0 Å². The van der Waals surface area contributed by atoms with E-state index in [1.54, 1.807) is 7.11 Å². The second-order valence-electron chi connectivity index (χ2n) is 6.75. The lowest BCUT2D eigenvalue weighted by molar-refractivity contribution is 0.104. The van der Waals surface area contributed by atoms with Crippen molar-refractivity contribution in [2.24, 2.45) is 0 Å². The predicted molar refractivity (Wildman–Crippen MR) is 98.8 cm³/mol. The minimum Gasteiger partial charge on any atom is -0.396 e. The summed E-state index contributed by atoms with van der Waals surface area (Å²) in [6, 6.07) is 14.1. The van der Waals surface area contributed by atoms with Crippen LogP contribution >= 0.6 is 0 Å². The summed E-state index contributed by atoms with van der Waals surface area (Å²) in [4.78, 5) is 12.3. The second kappa shape index (κ2) is 7.25. The van der Waals surface area contributed by atoms with Crippen molar-refractivity contribution in [1.29, 1.82) is 0 Å². The monoisotopic (exact) mass is 340 g/mol. The Bertz CT molecular complexity index is 767. The fraction of sp³-hybridized carbons (Fsp3) is 0.350. The fourth-order valence-corrected chi connectivity index (χ4v) is 3.40. The number of benzene rings is 2. The SMILES string of the molecule is COCC(C)(CCO)NC(=O)Nc1ccc2c(c1)Cc1ccccc1-2. The van der Waals surface area contributed by atoms with Crippen molar-refractivity contribution < 1.29 is 14.6 Å². The van der Waals surface area contributed by atoms with Gasteiger partial charge in [-0.25, -0.2) is 4.79 Å². The van der Waals surface area contributed by atoms with E-state index in [-0.39, 0.29) is 12.6 Å². The Morgan fingerprint density at radius 2 is 1.96 bits per heavy atom. The van der Waals surface area contributed by atoms with E-state index in [1.165, 1.54) is 22.3 Å². The van der Waals surface area contributed by atoms with Crippen LogP contribution in [-0.2, 0) is 11.2 Å². The third kappa shape index (κ3) is 3.83. The molecule has 0 radical (unpaired) electrons. The van der Waals surface area contributed by atoms with E-state index in [0.29, 0.717) is 13.0 Å². The number of urea groups is 1. The zero-order valence-electron chi connectivity index (χ0n) is 14.6. The van der Waals surface area contributed by atoms with E-state index in [0.717, 1.165) is 12.1 Å². The number of anilines is 1. The Labute approximate surface area is 148 Å². The van der Waals surface area contributed by atoms with Crippen LogP contribution in [-0.4, -0.2) is 37.0 Å². The molecule has 1 aliphatic carbocycles. The van der Waals surface area contributed by atoms with E-state index in [9.17, 15) is 9.90 Å². The molecule has 132 valence electrons. The molecule has 0 saturated carbocycles. The molecule has 3 rings (SSSR count). The third-order valence-corrected chi connectivity index (χ3v) is 4.59. The summed E-state index contributed by atoms with van der Waals surface area (Å²) in [6.45, 7) is 2.17. The van der Waals surface area contributed by atoms with Crippen molar-refractivity contribution in [3.63, 3.8) is 0 Å². The Morgan fingerprint density at radius 1 is 1.20 bits per heavy atom. The highest BCUT2D eigenvalue weighted by molar-refractivity contribution is 5.91. The lowest BCUT2D eigenvalue weighted by Crippen LogP contribution is -2.51. The van der Waals surface area contributed by atoms with Gasteiger partial charge in [0.2, 0.25) is 0 Å².